The predicted molar refractivity (Wildman–Crippen MR) is 103 cm³/mol. The quantitative estimate of drug-likeness (QED) is 0.729. The lowest BCUT2D eigenvalue weighted by Gasteiger charge is -2.54. The number of carbonyl (C=O) groups is 1. The first-order valence-corrected chi connectivity index (χ1v) is 9.90. The molecule has 1 spiro atoms. The number of piperidine rings is 1. The highest BCUT2D eigenvalue weighted by Crippen LogP contribution is 2.60. The highest BCUT2D eigenvalue weighted by atomic mass is 19.3. The molecule has 4 nitrogen and oxygen atoms in total. The Labute approximate surface area is 165 Å². The largest absolute Gasteiger partial charge is 0.444 e. The summed E-state index contributed by atoms with van der Waals surface area (Å²) in [6, 6.07) is 7.12. The summed E-state index contributed by atoms with van der Waals surface area (Å²) in [7, 11) is 0. The van der Waals surface area contributed by atoms with Crippen molar-refractivity contribution in [3.63, 3.8) is 0 Å². The lowest BCUT2D eigenvalue weighted by atomic mass is 9.59. The van der Waals surface area contributed by atoms with Crippen LogP contribution in [0.3, 0.4) is 0 Å². The van der Waals surface area contributed by atoms with Crippen LogP contribution in [0.4, 0.5) is 13.6 Å². The van der Waals surface area contributed by atoms with Crippen LogP contribution in [0.25, 0.3) is 0 Å². The predicted octanol–water partition coefficient (Wildman–Crippen LogP) is 5.40. The molecule has 1 heterocycles. The summed E-state index contributed by atoms with van der Waals surface area (Å²) in [5, 5.41) is 10.2. The van der Waals surface area contributed by atoms with Crippen molar-refractivity contribution in [2.45, 2.75) is 83.5 Å². The first-order chi connectivity index (χ1) is 12.7. The van der Waals surface area contributed by atoms with Crippen molar-refractivity contribution in [2.24, 2.45) is 5.41 Å². The number of likely N-dealkylation sites (tertiary alicyclic amines) is 1. The minimum atomic E-state index is -2.59. The molecule has 3 rings (SSSR count). The number of hydrogen-bond donors (Lipinski definition) is 1. The minimum Gasteiger partial charge on any atom is -0.444 e. The number of benzene rings is 1. The van der Waals surface area contributed by atoms with Crippen molar-refractivity contribution in [1.29, 1.82) is 0 Å². The molecule has 0 aromatic heterocycles. The van der Waals surface area contributed by atoms with E-state index in [0.717, 1.165) is 11.1 Å². The number of nitrogens with zero attached hydrogens (tertiary/aromatic N) is 1. The molecule has 0 unspecified atom stereocenters. The van der Waals surface area contributed by atoms with Gasteiger partial charge in [-0.1, -0.05) is 24.3 Å². The van der Waals surface area contributed by atoms with Crippen LogP contribution in [0, 0.1) is 5.41 Å². The first kappa shape index (κ1) is 21.0. The molecule has 1 aliphatic carbocycles. The summed E-state index contributed by atoms with van der Waals surface area (Å²) in [6.45, 7) is 9.27. The van der Waals surface area contributed by atoms with Crippen LogP contribution in [0.1, 0.15) is 77.5 Å². The normalized spacial score (nSPS) is 24.0. The molecule has 6 heteroatoms. The van der Waals surface area contributed by atoms with E-state index in [9.17, 15) is 18.7 Å². The number of amides is 1. The summed E-state index contributed by atoms with van der Waals surface area (Å²) >= 11 is 0. The Hall–Kier alpha value is -1.69. The van der Waals surface area contributed by atoms with E-state index in [1.54, 1.807) is 18.7 Å². The fraction of sp³-hybridized carbons (Fsp3) is 0.682. The smallest absolute Gasteiger partial charge is 0.410 e. The van der Waals surface area contributed by atoms with Crippen LogP contribution < -0.4 is 0 Å². The standard InChI is InChI=1S/C22H31F2NO3/c1-19(2,3)28-18(26)25-11-10-21(13-22(23,24)14-21)12-17(25)15-6-8-16(9-7-15)20(4,5)27/h6-9,17,27H,10-14H2,1-5H3/t17-/m1/s1. The molecule has 0 bridgehead atoms. The van der Waals surface area contributed by atoms with Gasteiger partial charge >= 0.3 is 6.09 Å². The van der Waals surface area contributed by atoms with E-state index in [1.165, 1.54) is 0 Å². The zero-order chi connectivity index (χ0) is 21.0. The third-order valence-electron chi connectivity index (χ3n) is 5.78. The molecule has 1 saturated carbocycles. The Morgan fingerprint density at radius 2 is 1.71 bits per heavy atom. The van der Waals surface area contributed by atoms with Gasteiger partial charge in [0.05, 0.1) is 11.6 Å². The van der Waals surface area contributed by atoms with Crippen LogP contribution in [-0.2, 0) is 10.3 Å². The molecular formula is C22H31F2NO3. The van der Waals surface area contributed by atoms with Crippen molar-refractivity contribution in [3.8, 4) is 0 Å². The van der Waals surface area contributed by atoms with Gasteiger partial charge in [0.25, 0.3) is 0 Å². The van der Waals surface area contributed by atoms with Crippen molar-refractivity contribution < 1.29 is 23.4 Å². The maximum absolute atomic E-state index is 13.6. The Balaban J connectivity index is 1.87. The van der Waals surface area contributed by atoms with E-state index in [1.807, 2.05) is 45.0 Å². The summed E-state index contributed by atoms with van der Waals surface area (Å²) < 4.78 is 32.8. The Bertz CT molecular complexity index is 724. The monoisotopic (exact) mass is 395 g/mol. The molecular weight excluding hydrogens is 364 g/mol. The summed E-state index contributed by atoms with van der Waals surface area (Å²) in [5.74, 6) is -2.59. The lowest BCUT2D eigenvalue weighted by Crippen LogP contribution is -2.54. The SMILES string of the molecule is CC(C)(C)OC(=O)N1CCC2(C[C@@H]1c1ccc(C(C)(C)O)cc1)CC(F)(F)C2. The Morgan fingerprint density at radius 3 is 2.18 bits per heavy atom. The third kappa shape index (κ3) is 4.48. The van der Waals surface area contributed by atoms with E-state index >= 15 is 0 Å². The maximum atomic E-state index is 13.6. The van der Waals surface area contributed by atoms with Crippen molar-refractivity contribution >= 4 is 6.09 Å². The summed E-state index contributed by atoms with van der Waals surface area (Å²) in [5.41, 5.74) is -0.353. The van der Waals surface area contributed by atoms with E-state index in [-0.39, 0.29) is 18.9 Å². The van der Waals surface area contributed by atoms with Crippen LogP contribution in [0.5, 0.6) is 0 Å². The topological polar surface area (TPSA) is 49.8 Å². The molecule has 2 fully saturated rings. The first-order valence-electron chi connectivity index (χ1n) is 9.90. The number of rotatable bonds is 2. The van der Waals surface area contributed by atoms with Crippen LogP contribution >= 0.6 is 0 Å². The zero-order valence-electron chi connectivity index (χ0n) is 17.4. The molecule has 0 radical (unpaired) electrons. The second-order valence-electron chi connectivity index (χ2n) is 10.0. The number of alkyl halides is 2. The van der Waals surface area contributed by atoms with Gasteiger partial charge in [-0.05, 0) is 64.0 Å². The van der Waals surface area contributed by atoms with Crippen LogP contribution in [0.15, 0.2) is 24.3 Å². The molecule has 1 amide bonds. The van der Waals surface area contributed by atoms with E-state index in [0.29, 0.717) is 19.4 Å². The third-order valence-corrected chi connectivity index (χ3v) is 5.78. The highest BCUT2D eigenvalue weighted by molar-refractivity contribution is 5.69. The fourth-order valence-corrected chi connectivity index (χ4v) is 4.45. The average Bonchev–Trinajstić information content (AvgIpc) is 2.50. The van der Waals surface area contributed by atoms with Gasteiger partial charge in [0, 0.05) is 19.4 Å². The Kier molecular flexibility index (Phi) is 5.02. The molecule has 1 saturated heterocycles. The fourth-order valence-electron chi connectivity index (χ4n) is 4.45. The molecule has 1 atom stereocenters. The van der Waals surface area contributed by atoms with Gasteiger partial charge in [-0.25, -0.2) is 13.6 Å². The molecule has 28 heavy (non-hydrogen) atoms. The molecule has 1 aromatic rings. The van der Waals surface area contributed by atoms with E-state index in [2.05, 4.69) is 0 Å². The number of hydrogen-bond acceptors (Lipinski definition) is 3. The van der Waals surface area contributed by atoms with Crippen LogP contribution in [-0.4, -0.2) is 34.2 Å². The average molecular weight is 395 g/mol. The Morgan fingerprint density at radius 1 is 1.14 bits per heavy atom. The maximum Gasteiger partial charge on any atom is 0.410 e. The number of carbonyl (C=O) groups excluding carboxylic acids is 1. The van der Waals surface area contributed by atoms with Gasteiger partial charge in [-0.3, -0.25) is 0 Å². The van der Waals surface area contributed by atoms with Gasteiger partial charge in [0.1, 0.15) is 5.60 Å². The number of halogens is 2. The second-order valence-corrected chi connectivity index (χ2v) is 10.0. The molecule has 2 aliphatic rings. The van der Waals surface area contributed by atoms with Gasteiger partial charge in [0.2, 0.25) is 5.92 Å². The number of ether oxygens (including phenoxy) is 1. The summed E-state index contributed by atoms with van der Waals surface area (Å²) in [6.07, 6.45) is 0.440. The lowest BCUT2D eigenvalue weighted by molar-refractivity contribution is -0.183. The molecule has 1 aliphatic heterocycles. The zero-order valence-corrected chi connectivity index (χ0v) is 17.4. The van der Waals surface area contributed by atoms with Crippen molar-refractivity contribution in [3.05, 3.63) is 35.4 Å². The summed E-state index contributed by atoms with van der Waals surface area (Å²) in [4.78, 5) is 14.5. The van der Waals surface area contributed by atoms with E-state index < -0.39 is 28.6 Å². The van der Waals surface area contributed by atoms with Crippen molar-refractivity contribution in [2.75, 3.05) is 6.54 Å². The molecule has 156 valence electrons. The van der Waals surface area contributed by atoms with Gasteiger partial charge in [0.15, 0.2) is 0 Å². The van der Waals surface area contributed by atoms with Gasteiger partial charge < -0.3 is 14.7 Å². The van der Waals surface area contributed by atoms with E-state index in [4.69, 9.17) is 4.74 Å². The van der Waals surface area contributed by atoms with Crippen LogP contribution in [0.2, 0.25) is 0 Å². The van der Waals surface area contributed by atoms with Gasteiger partial charge in [-0.2, -0.15) is 0 Å². The minimum absolute atomic E-state index is 0.111. The van der Waals surface area contributed by atoms with Crippen molar-refractivity contribution in [1.82, 2.24) is 4.90 Å². The molecule has 1 aromatic carbocycles. The highest BCUT2D eigenvalue weighted by Gasteiger charge is 2.59. The van der Waals surface area contributed by atoms with Gasteiger partial charge in [-0.15, -0.1) is 0 Å². The second kappa shape index (κ2) is 6.68. The molecule has 1 N–H and O–H groups in total. The number of aliphatic hydroxyl groups is 1.